The molecule has 3 aliphatic heterocycles. The lowest BCUT2D eigenvalue weighted by atomic mass is 9.86. The van der Waals surface area contributed by atoms with Gasteiger partial charge >= 0.3 is 0 Å². The van der Waals surface area contributed by atoms with Gasteiger partial charge < -0.3 is 14.5 Å². The van der Waals surface area contributed by atoms with E-state index in [2.05, 4.69) is 9.80 Å². The Balaban J connectivity index is 1.33. The molecule has 3 heterocycles. The first-order valence-corrected chi connectivity index (χ1v) is 9.90. The fourth-order valence-electron chi connectivity index (χ4n) is 4.86. The lowest BCUT2D eigenvalue weighted by molar-refractivity contribution is -0.138. The maximum Gasteiger partial charge on any atom is 0.227 e. The summed E-state index contributed by atoms with van der Waals surface area (Å²) >= 11 is 0. The molecule has 0 radical (unpaired) electrons. The molecule has 3 saturated heterocycles. The summed E-state index contributed by atoms with van der Waals surface area (Å²) in [4.78, 5) is 17.4. The first kappa shape index (κ1) is 17.0. The predicted octanol–water partition coefficient (Wildman–Crippen LogP) is 2.72. The molecule has 2 unspecified atom stereocenters. The van der Waals surface area contributed by atoms with Crippen LogP contribution in [0.1, 0.15) is 37.7 Å². The van der Waals surface area contributed by atoms with Crippen molar-refractivity contribution in [3.05, 3.63) is 35.9 Å². The molecular formula is C21H30N2O2. The van der Waals surface area contributed by atoms with Gasteiger partial charge in [0.2, 0.25) is 5.91 Å². The van der Waals surface area contributed by atoms with Crippen molar-refractivity contribution in [1.29, 1.82) is 0 Å². The summed E-state index contributed by atoms with van der Waals surface area (Å²) in [5, 5.41) is 0. The quantitative estimate of drug-likeness (QED) is 0.843. The van der Waals surface area contributed by atoms with Gasteiger partial charge in [0, 0.05) is 19.6 Å². The molecule has 1 spiro atoms. The maximum absolute atomic E-state index is 12.7. The lowest BCUT2D eigenvalue weighted by Gasteiger charge is -2.40. The highest BCUT2D eigenvalue weighted by Crippen LogP contribution is 2.38. The van der Waals surface area contributed by atoms with Crippen LogP contribution in [-0.2, 0) is 16.0 Å². The summed E-state index contributed by atoms with van der Waals surface area (Å²) in [7, 11) is 0. The number of hydrogen-bond acceptors (Lipinski definition) is 3. The molecule has 0 saturated carbocycles. The van der Waals surface area contributed by atoms with Gasteiger partial charge in [-0.3, -0.25) is 4.79 Å². The van der Waals surface area contributed by atoms with E-state index in [0.29, 0.717) is 12.3 Å². The van der Waals surface area contributed by atoms with Crippen LogP contribution >= 0.6 is 0 Å². The van der Waals surface area contributed by atoms with E-state index >= 15 is 0 Å². The molecule has 136 valence electrons. The number of ether oxygens (including phenoxy) is 1. The topological polar surface area (TPSA) is 32.8 Å². The number of benzene rings is 1. The minimum Gasteiger partial charge on any atom is -0.373 e. The van der Waals surface area contributed by atoms with Gasteiger partial charge in [0.15, 0.2) is 0 Å². The van der Waals surface area contributed by atoms with E-state index in [1.165, 1.54) is 32.5 Å². The van der Waals surface area contributed by atoms with E-state index in [9.17, 15) is 4.79 Å². The molecule has 4 nitrogen and oxygen atoms in total. The maximum atomic E-state index is 12.7. The molecule has 0 aliphatic carbocycles. The zero-order valence-electron chi connectivity index (χ0n) is 15.2. The SMILES string of the molecule is O=C(Cc1ccccc1)N1CCCC2(CC(CN3CCCC3)CO2)C1. The van der Waals surface area contributed by atoms with Crippen molar-refractivity contribution in [2.75, 3.05) is 39.3 Å². The number of carbonyl (C=O) groups excluding carboxylic acids is 1. The second kappa shape index (κ2) is 7.46. The van der Waals surface area contributed by atoms with Crippen molar-refractivity contribution in [2.24, 2.45) is 5.92 Å². The van der Waals surface area contributed by atoms with E-state index in [1.807, 2.05) is 30.3 Å². The first-order valence-electron chi connectivity index (χ1n) is 9.90. The summed E-state index contributed by atoms with van der Waals surface area (Å²) in [6.45, 7) is 6.23. The average molecular weight is 342 g/mol. The molecule has 1 aromatic rings. The molecule has 1 amide bonds. The lowest BCUT2D eigenvalue weighted by Crippen LogP contribution is -2.50. The van der Waals surface area contributed by atoms with Crippen LogP contribution in [0.2, 0.25) is 0 Å². The third-order valence-corrected chi connectivity index (χ3v) is 6.09. The van der Waals surface area contributed by atoms with Gasteiger partial charge in [-0.1, -0.05) is 30.3 Å². The van der Waals surface area contributed by atoms with Crippen molar-refractivity contribution in [1.82, 2.24) is 9.80 Å². The summed E-state index contributed by atoms with van der Waals surface area (Å²) in [5.41, 5.74) is 1.03. The van der Waals surface area contributed by atoms with Gasteiger partial charge in [0.1, 0.15) is 0 Å². The molecule has 3 fully saturated rings. The van der Waals surface area contributed by atoms with Crippen LogP contribution in [0.15, 0.2) is 30.3 Å². The molecule has 0 aromatic heterocycles. The molecular weight excluding hydrogens is 312 g/mol. The van der Waals surface area contributed by atoms with E-state index in [0.717, 1.165) is 44.5 Å². The highest BCUT2D eigenvalue weighted by atomic mass is 16.5. The number of piperidine rings is 1. The van der Waals surface area contributed by atoms with Gasteiger partial charge in [-0.2, -0.15) is 0 Å². The number of nitrogens with zero attached hydrogens (tertiary/aromatic N) is 2. The van der Waals surface area contributed by atoms with Crippen LogP contribution in [-0.4, -0.2) is 60.6 Å². The summed E-state index contributed by atoms with van der Waals surface area (Å²) < 4.78 is 6.31. The first-order chi connectivity index (χ1) is 12.2. The Morgan fingerprint density at radius 2 is 1.92 bits per heavy atom. The Morgan fingerprint density at radius 3 is 2.72 bits per heavy atom. The normalized spacial score (nSPS) is 30.2. The average Bonchev–Trinajstić information content (AvgIpc) is 3.27. The van der Waals surface area contributed by atoms with E-state index in [-0.39, 0.29) is 11.5 Å². The zero-order chi connectivity index (χ0) is 17.1. The third kappa shape index (κ3) is 4.06. The second-order valence-electron chi connectivity index (χ2n) is 8.15. The molecule has 0 bridgehead atoms. The minimum absolute atomic E-state index is 0.0744. The monoisotopic (exact) mass is 342 g/mol. The van der Waals surface area contributed by atoms with Crippen LogP contribution in [0, 0.1) is 5.92 Å². The summed E-state index contributed by atoms with van der Waals surface area (Å²) in [5.74, 6) is 0.888. The smallest absolute Gasteiger partial charge is 0.227 e. The molecule has 4 heteroatoms. The number of rotatable bonds is 4. The molecule has 3 aliphatic rings. The van der Waals surface area contributed by atoms with Crippen LogP contribution < -0.4 is 0 Å². The van der Waals surface area contributed by atoms with Crippen molar-refractivity contribution in [3.63, 3.8) is 0 Å². The second-order valence-corrected chi connectivity index (χ2v) is 8.15. The standard InChI is InChI=1S/C21H30N2O2/c24-20(13-18-7-2-1-3-8-18)23-12-6-9-21(17-23)14-19(16-25-21)15-22-10-4-5-11-22/h1-3,7-8,19H,4-6,9-17H2. The van der Waals surface area contributed by atoms with Gasteiger partial charge in [-0.15, -0.1) is 0 Å². The van der Waals surface area contributed by atoms with Gasteiger partial charge in [-0.25, -0.2) is 0 Å². The molecule has 4 rings (SSSR count). The molecule has 1 aromatic carbocycles. The Hall–Kier alpha value is -1.39. The van der Waals surface area contributed by atoms with E-state index in [4.69, 9.17) is 4.74 Å². The van der Waals surface area contributed by atoms with Crippen LogP contribution in [0.4, 0.5) is 0 Å². The summed E-state index contributed by atoms with van der Waals surface area (Å²) in [6, 6.07) is 10.1. The number of carbonyl (C=O) groups is 1. The van der Waals surface area contributed by atoms with Gasteiger partial charge in [-0.05, 0) is 56.7 Å². The Labute approximate surface area is 151 Å². The number of hydrogen-bond donors (Lipinski definition) is 0. The summed E-state index contributed by atoms with van der Waals surface area (Å²) in [6.07, 6.45) is 6.50. The molecule has 25 heavy (non-hydrogen) atoms. The van der Waals surface area contributed by atoms with Crippen molar-refractivity contribution < 1.29 is 9.53 Å². The Bertz CT molecular complexity index is 585. The molecule has 0 N–H and O–H groups in total. The highest BCUT2D eigenvalue weighted by molar-refractivity contribution is 5.79. The predicted molar refractivity (Wildman–Crippen MR) is 98.4 cm³/mol. The number of likely N-dealkylation sites (tertiary alicyclic amines) is 2. The van der Waals surface area contributed by atoms with Crippen molar-refractivity contribution in [3.8, 4) is 0 Å². The van der Waals surface area contributed by atoms with Crippen LogP contribution in [0.5, 0.6) is 0 Å². The van der Waals surface area contributed by atoms with Gasteiger partial charge in [0.05, 0.1) is 18.6 Å². The third-order valence-electron chi connectivity index (χ3n) is 6.09. The fraction of sp³-hybridized carbons (Fsp3) is 0.667. The van der Waals surface area contributed by atoms with Gasteiger partial charge in [0.25, 0.3) is 0 Å². The number of amides is 1. The van der Waals surface area contributed by atoms with Crippen LogP contribution in [0.3, 0.4) is 0 Å². The highest BCUT2D eigenvalue weighted by Gasteiger charge is 2.44. The van der Waals surface area contributed by atoms with E-state index < -0.39 is 0 Å². The molecule has 2 atom stereocenters. The van der Waals surface area contributed by atoms with E-state index in [1.54, 1.807) is 0 Å². The van der Waals surface area contributed by atoms with Crippen molar-refractivity contribution >= 4 is 5.91 Å². The Morgan fingerprint density at radius 1 is 1.12 bits per heavy atom. The Kier molecular flexibility index (Phi) is 5.09. The fourth-order valence-corrected chi connectivity index (χ4v) is 4.86. The van der Waals surface area contributed by atoms with Crippen molar-refractivity contribution in [2.45, 2.75) is 44.1 Å². The van der Waals surface area contributed by atoms with Crippen LogP contribution in [0.25, 0.3) is 0 Å². The zero-order valence-corrected chi connectivity index (χ0v) is 15.2. The largest absolute Gasteiger partial charge is 0.373 e. The minimum atomic E-state index is -0.0744.